The van der Waals surface area contributed by atoms with Gasteiger partial charge in [0.05, 0.1) is 19.8 Å². The van der Waals surface area contributed by atoms with Crippen LogP contribution in [0.25, 0.3) is 10.8 Å². The molecule has 0 aliphatic heterocycles. The summed E-state index contributed by atoms with van der Waals surface area (Å²) in [7, 11) is 6.72. The molecule has 0 bridgehead atoms. The number of fused-ring (bicyclic) bond motifs is 1. The summed E-state index contributed by atoms with van der Waals surface area (Å²) in [6, 6.07) is 17.1. The summed E-state index contributed by atoms with van der Waals surface area (Å²) in [6.07, 6.45) is 0. The van der Waals surface area contributed by atoms with Gasteiger partial charge < -0.3 is 19.1 Å². The Morgan fingerprint density at radius 3 is 2.15 bits per heavy atom. The van der Waals surface area contributed by atoms with Gasteiger partial charge in [0, 0.05) is 25.5 Å². The van der Waals surface area contributed by atoms with Gasteiger partial charge in [0.1, 0.15) is 23.9 Å². The van der Waals surface area contributed by atoms with Gasteiger partial charge in [-0.2, -0.15) is 0 Å². The average Bonchev–Trinajstić information content (AvgIpc) is 2.70. The van der Waals surface area contributed by atoms with Crippen molar-refractivity contribution in [2.75, 3.05) is 28.3 Å². The molecule has 0 N–H and O–H groups in total. The molecule has 0 spiro atoms. The molecule has 1 amide bonds. The van der Waals surface area contributed by atoms with Gasteiger partial charge in [-0.15, -0.1) is 0 Å². The topological polar surface area (TPSA) is 48.0 Å². The molecule has 0 fully saturated rings. The number of hydrogen-bond donors (Lipinski definition) is 0. The van der Waals surface area contributed by atoms with E-state index in [-0.39, 0.29) is 5.91 Å². The second-order valence-electron chi connectivity index (χ2n) is 6.37. The molecule has 0 aliphatic carbocycles. The molecule has 3 aromatic carbocycles. The molecule has 0 aliphatic rings. The molecule has 5 heteroatoms. The van der Waals surface area contributed by atoms with Crippen LogP contribution in [0.1, 0.15) is 15.9 Å². The fourth-order valence-corrected chi connectivity index (χ4v) is 2.96. The van der Waals surface area contributed by atoms with Crippen LogP contribution in [0.5, 0.6) is 17.2 Å². The lowest BCUT2D eigenvalue weighted by atomic mass is 10.0. The van der Waals surface area contributed by atoms with Gasteiger partial charge in [0.15, 0.2) is 0 Å². The first-order valence-electron chi connectivity index (χ1n) is 8.61. The van der Waals surface area contributed by atoms with Crippen molar-refractivity contribution < 1.29 is 19.0 Å². The van der Waals surface area contributed by atoms with Crippen LogP contribution in [-0.2, 0) is 6.61 Å². The van der Waals surface area contributed by atoms with E-state index in [9.17, 15) is 4.79 Å². The molecule has 0 unspecified atom stereocenters. The standard InChI is InChI=1S/C22H23NO4/c1-23(2)22(24)19-9-5-7-16-8-6-10-20(21(16)19)27-14-15-11-17(25-3)13-18(12-15)26-4/h5-13H,14H2,1-4H3. The molecular formula is C22H23NO4. The molecule has 0 radical (unpaired) electrons. The molecule has 0 aromatic heterocycles. The lowest BCUT2D eigenvalue weighted by Crippen LogP contribution is -2.22. The average molecular weight is 365 g/mol. The third-order valence-electron chi connectivity index (χ3n) is 4.31. The molecular weight excluding hydrogens is 342 g/mol. The Bertz CT molecular complexity index is 938. The summed E-state index contributed by atoms with van der Waals surface area (Å²) in [6.45, 7) is 0.331. The summed E-state index contributed by atoms with van der Waals surface area (Å²) in [5, 5.41) is 1.77. The van der Waals surface area contributed by atoms with Crippen LogP contribution >= 0.6 is 0 Å². The normalized spacial score (nSPS) is 10.5. The van der Waals surface area contributed by atoms with E-state index in [0.717, 1.165) is 16.3 Å². The molecule has 3 aromatic rings. The van der Waals surface area contributed by atoms with Crippen molar-refractivity contribution in [1.29, 1.82) is 0 Å². The van der Waals surface area contributed by atoms with Crippen LogP contribution in [-0.4, -0.2) is 39.1 Å². The first-order valence-corrected chi connectivity index (χ1v) is 8.61. The Kier molecular flexibility index (Phi) is 5.50. The molecule has 0 heterocycles. The van der Waals surface area contributed by atoms with Crippen LogP contribution in [0, 0.1) is 0 Å². The van der Waals surface area contributed by atoms with Crippen molar-refractivity contribution in [3.8, 4) is 17.2 Å². The van der Waals surface area contributed by atoms with E-state index in [1.807, 2.05) is 54.6 Å². The zero-order valence-corrected chi connectivity index (χ0v) is 16.0. The van der Waals surface area contributed by atoms with Gasteiger partial charge in [0.2, 0.25) is 0 Å². The Balaban J connectivity index is 1.97. The summed E-state index contributed by atoms with van der Waals surface area (Å²) in [4.78, 5) is 14.2. The largest absolute Gasteiger partial charge is 0.497 e. The maximum absolute atomic E-state index is 12.6. The lowest BCUT2D eigenvalue weighted by molar-refractivity contribution is 0.0829. The quantitative estimate of drug-likeness (QED) is 0.659. The van der Waals surface area contributed by atoms with Crippen molar-refractivity contribution in [2.45, 2.75) is 6.61 Å². The Hall–Kier alpha value is -3.21. The highest BCUT2D eigenvalue weighted by Gasteiger charge is 2.15. The fraction of sp³-hybridized carbons (Fsp3) is 0.227. The number of hydrogen-bond acceptors (Lipinski definition) is 4. The first-order chi connectivity index (χ1) is 13.0. The number of amides is 1. The van der Waals surface area contributed by atoms with Crippen LogP contribution in [0.4, 0.5) is 0 Å². The Morgan fingerprint density at radius 2 is 1.56 bits per heavy atom. The molecule has 140 valence electrons. The van der Waals surface area contributed by atoms with Crippen molar-refractivity contribution in [1.82, 2.24) is 4.90 Å². The van der Waals surface area contributed by atoms with Crippen molar-refractivity contribution >= 4 is 16.7 Å². The number of carbonyl (C=O) groups excluding carboxylic acids is 1. The van der Waals surface area contributed by atoms with E-state index >= 15 is 0 Å². The summed E-state index contributed by atoms with van der Waals surface area (Å²) < 4.78 is 16.7. The van der Waals surface area contributed by atoms with E-state index in [1.54, 1.807) is 33.2 Å². The highest BCUT2D eigenvalue weighted by molar-refractivity contribution is 6.09. The maximum Gasteiger partial charge on any atom is 0.254 e. The van der Waals surface area contributed by atoms with Gasteiger partial charge in [-0.3, -0.25) is 4.79 Å². The van der Waals surface area contributed by atoms with Gasteiger partial charge in [-0.05, 0) is 35.2 Å². The monoisotopic (exact) mass is 365 g/mol. The minimum absolute atomic E-state index is 0.0558. The maximum atomic E-state index is 12.6. The number of rotatable bonds is 6. The third-order valence-corrected chi connectivity index (χ3v) is 4.31. The van der Waals surface area contributed by atoms with E-state index < -0.39 is 0 Å². The zero-order chi connectivity index (χ0) is 19.4. The number of benzene rings is 3. The predicted molar refractivity (Wildman–Crippen MR) is 106 cm³/mol. The number of nitrogens with zero attached hydrogens (tertiary/aromatic N) is 1. The van der Waals surface area contributed by atoms with Gasteiger partial charge in [-0.1, -0.05) is 24.3 Å². The molecule has 3 rings (SSSR count). The molecule has 27 heavy (non-hydrogen) atoms. The number of carbonyl (C=O) groups is 1. The Morgan fingerprint density at radius 1 is 0.926 bits per heavy atom. The summed E-state index contributed by atoms with van der Waals surface area (Å²) in [5.41, 5.74) is 1.54. The van der Waals surface area contributed by atoms with Crippen LogP contribution in [0.15, 0.2) is 54.6 Å². The van der Waals surface area contributed by atoms with Crippen molar-refractivity contribution in [3.63, 3.8) is 0 Å². The van der Waals surface area contributed by atoms with Crippen molar-refractivity contribution in [2.24, 2.45) is 0 Å². The SMILES string of the molecule is COc1cc(COc2cccc3cccc(C(=O)N(C)C)c23)cc(OC)c1. The first kappa shape index (κ1) is 18.6. The highest BCUT2D eigenvalue weighted by atomic mass is 16.5. The fourth-order valence-electron chi connectivity index (χ4n) is 2.96. The van der Waals surface area contributed by atoms with E-state index in [0.29, 0.717) is 29.4 Å². The molecule has 0 saturated carbocycles. The Labute approximate surface area is 159 Å². The van der Waals surface area contributed by atoms with E-state index in [1.165, 1.54) is 0 Å². The second kappa shape index (κ2) is 7.99. The minimum atomic E-state index is -0.0558. The number of methoxy groups -OCH3 is 2. The predicted octanol–water partition coefficient (Wildman–Crippen LogP) is 4.14. The van der Waals surface area contributed by atoms with E-state index in [4.69, 9.17) is 14.2 Å². The van der Waals surface area contributed by atoms with Gasteiger partial charge >= 0.3 is 0 Å². The highest BCUT2D eigenvalue weighted by Crippen LogP contribution is 2.31. The van der Waals surface area contributed by atoms with Crippen LogP contribution < -0.4 is 14.2 Å². The second-order valence-corrected chi connectivity index (χ2v) is 6.37. The third kappa shape index (κ3) is 3.97. The van der Waals surface area contributed by atoms with Crippen LogP contribution in [0.3, 0.4) is 0 Å². The zero-order valence-electron chi connectivity index (χ0n) is 16.0. The van der Waals surface area contributed by atoms with E-state index in [2.05, 4.69) is 0 Å². The minimum Gasteiger partial charge on any atom is -0.497 e. The molecule has 0 atom stereocenters. The number of ether oxygens (including phenoxy) is 3. The van der Waals surface area contributed by atoms with Crippen LogP contribution in [0.2, 0.25) is 0 Å². The summed E-state index contributed by atoms with van der Waals surface area (Å²) in [5.74, 6) is 2.02. The molecule has 5 nitrogen and oxygen atoms in total. The van der Waals surface area contributed by atoms with Gasteiger partial charge in [-0.25, -0.2) is 0 Å². The summed E-state index contributed by atoms with van der Waals surface area (Å²) >= 11 is 0. The molecule has 0 saturated heterocycles. The lowest BCUT2D eigenvalue weighted by Gasteiger charge is -2.16. The van der Waals surface area contributed by atoms with Gasteiger partial charge in [0.25, 0.3) is 5.91 Å². The van der Waals surface area contributed by atoms with Crippen molar-refractivity contribution in [3.05, 3.63) is 65.7 Å². The smallest absolute Gasteiger partial charge is 0.254 e.